The minimum atomic E-state index is -0.714. The number of nitrogens with zero attached hydrogens (tertiary/aromatic N) is 3. The third-order valence-corrected chi connectivity index (χ3v) is 5.06. The Hall–Kier alpha value is -3.12. The van der Waals surface area contributed by atoms with E-state index in [9.17, 15) is 10.4 Å². The summed E-state index contributed by atoms with van der Waals surface area (Å²) < 4.78 is 0. The molecule has 132 valence electrons. The fourth-order valence-corrected chi connectivity index (χ4v) is 3.62. The Labute approximate surface area is 166 Å². The number of hydrogen-bond donors (Lipinski definition) is 1. The summed E-state index contributed by atoms with van der Waals surface area (Å²) in [7, 11) is 0. The molecule has 0 aliphatic carbocycles. The molecule has 1 heterocycles. The Balaban J connectivity index is 2.03. The van der Waals surface area contributed by atoms with Crippen LogP contribution in [0.2, 0.25) is 0 Å². The van der Waals surface area contributed by atoms with Crippen LogP contribution in [0.15, 0.2) is 60.0 Å². The first-order chi connectivity index (χ1) is 13.1. The van der Waals surface area contributed by atoms with Gasteiger partial charge in [-0.1, -0.05) is 54.6 Å². The van der Waals surface area contributed by atoms with Crippen molar-refractivity contribution in [1.82, 2.24) is 4.98 Å². The summed E-state index contributed by atoms with van der Waals surface area (Å²) in [5, 5.41) is 30.9. The number of rotatable bonds is 5. The summed E-state index contributed by atoms with van der Waals surface area (Å²) >= 11 is 7.24. The highest BCUT2D eigenvalue weighted by atomic mass is 35.5. The molecular formula is C21H14ClN3OS. The van der Waals surface area contributed by atoms with Crippen LogP contribution < -0.4 is 0 Å². The molecule has 0 saturated carbocycles. The smallest absolute Gasteiger partial charge is 0.143 e. The maximum atomic E-state index is 10.8. The quantitative estimate of drug-likeness (QED) is 0.357. The minimum Gasteiger partial charge on any atom is -0.506 e. The van der Waals surface area contributed by atoms with Gasteiger partial charge in [0, 0.05) is 22.9 Å². The number of hydrogen-bond acceptors (Lipinski definition) is 5. The number of aromatic nitrogens is 1. The largest absolute Gasteiger partial charge is 0.506 e. The molecular weight excluding hydrogens is 378 g/mol. The fraction of sp³-hybridized carbons (Fsp3) is 0.0952. The van der Waals surface area contributed by atoms with Crippen molar-refractivity contribution in [2.24, 2.45) is 0 Å². The Bertz CT molecular complexity index is 1060. The maximum Gasteiger partial charge on any atom is 0.143 e. The minimum absolute atomic E-state index is 0.0951. The van der Waals surface area contributed by atoms with E-state index in [0.717, 1.165) is 11.3 Å². The van der Waals surface area contributed by atoms with Gasteiger partial charge in [-0.25, -0.2) is 4.98 Å². The second-order valence-electron chi connectivity index (χ2n) is 5.70. The maximum absolute atomic E-state index is 10.8. The summed E-state index contributed by atoms with van der Waals surface area (Å²) in [6, 6.07) is 20.7. The first-order valence-corrected chi connectivity index (χ1v) is 9.42. The molecule has 27 heavy (non-hydrogen) atoms. The standard InChI is InChI=1S/C21H14ClN3OS/c22-16(11-23)10-15-8-4-5-9-17(15)20(26)18(12-24)21-25-19(13-27-21)14-6-2-1-3-7-14/h1-9,13,16,26H,10H2. The van der Waals surface area contributed by atoms with Crippen molar-refractivity contribution in [2.75, 3.05) is 0 Å². The number of halogens is 1. The number of nitriles is 2. The first kappa shape index (κ1) is 18.7. The van der Waals surface area contributed by atoms with Crippen LogP contribution in [0.1, 0.15) is 16.1 Å². The van der Waals surface area contributed by atoms with Gasteiger partial charge in [0.1, 0.15) is 27.8 Å². The SMILES string of the molecule is N#CC(=C(O)c1ccccc1CC(Cl)C#N)c1nc(-c2ccccc2)cs1. The summed E-state index contributed by atoms with van der Waals surface area (Å²) in [6.07, 6.45) is 0.268. The molecule has 0 amide bonds. The lowest BCUT2D eigenvalue weighted by Crippen LogP contribution is -2.03. The summed E-state index contributed by atoms with van der Waals surface area (Å²) in [5.74, 6) is -0.163. The molecule has 0 spiro atoms. The van der Waals surface area contributed by atoms with E-state index < -0.39 is 5.38 Å². The molecule has 6 heteroatoms. The lowest BCUT2D eigenvalue weighted by Gasteiger charge is -2.10. The van der Waals surface area contributed by atoms with Crippen molar-refractivity contribution in [3.8, 4) is 23.4 Å². The Morgan fingerprint density at radius 2 is 1.81 bits per heavy atom. The number of aliphatic hydroxyl groups excluding tert-OH is 1. The highest BCUT2D eigenvalue weighted by Gasteiger charge is 2.18. The van der Waals surface area contributed by atoms with E-state index in [1.807, 2.05) is 41.8 Å². The van der Waals surface area contributed by atoms with Crippen LogP contribution in [0.3, 0.4) is 0 Å². The van der Waals surface area contributed by atoms with Crippen molar-refractivity contribution in [3.63, 3.8) is 0 Å². The molecule has 1 unspecified atom stereocenters. The lowest BCUT2D eigenvalue weighted by atomic mass is 9.99. The van der Waals surface area contributed by atoms with Gasteiger partial charge in [-0.05, 0) is 5.56 Å². The van der Waals surface area contributed by atoms with Crippen LogP contribution in [0.4, 0.5) is 0 Å². The predicted octanol–water partition coefficient (Wildman–Crippen LogP) is 5.43. The predicted molar refractivity (Wildman–Crippen MR) is 108 cm³/mol. The van der Waals surface area contributed by atoms with Gasteiger partial charge in [-0.15, -0.1) is 22.9 Å². The number of benzene rings is 2. The Morgan fingerprint density at radius 3 is 2.52 bits per heavy atom. The Kier molecular flexibility index (Phi) is 5.88. The third kappa shape index (κ3) is 4.17. The lowest BCUT2D eigenvalue weighted by molar-refractivity contribution is 0.513. The number of thiazole rings is 1. The molecule has 2 aromatic carbocycles. The number of aliphatic hydroxyl groups is 1. The second-order valence-corrected chi connectivity index (χ2v) is 7.08. The average molecular weight is 392 g/mol. The normalized spacial score (nSPS) is 12.6. The van der Waals surface area contributed by atoms with Gasteiger partial charge in [0.15, 0.2) is 0 Å². The average Bonchev–Trinajstić information content (AvgIpc) is 3.19. The van der Waals surface area contributed by atoms with Crippen molar-refractivity contribution in [1.29, 1.82) is 10.5 Å². The van der Waals surface area contributed by atoms with Crippen LogP contribution in [-0.4, -0.2) is 15.5 Å². The number of allylic oxidation sites excluding steroid dienone is 1. The van der Waals surface area contributed by atoms with Crippen LogP contribution in [-0.2, 0) is 6.42 Å². The molecule has 1 N–H and O–H groups in total. The van der Waals surface area contributed by atoms with Gasteiger partial charge in [0.25, 0.3) is 0 Å². The van der Waals surface area contributed by atoms with Crippen LogP contribution in [0.25, 0.3) is 22.6 Å². The third-order valence-electron chi connectivity index (χ3n) is 3.95. The first-order valence-electron chi connectivity index (χ1n) is 8.10. The van der Waals surface area contributed by atoms with Crippen LogP contribution >= 0.6 is 22.9 Å². The van der Waals surface area contributed by atoms with Gasteiger partial charge < -0.3 is 5.11 Å². The molecule has 1 aromatic heterocycles. The van der Waals surface area contributed by atoms with Crippen molar-refractivity contribution in [2.45, 2.75) is 11.8 Å². The zero-order valence-electron chi connectivity index (χ0n) is 14.1. The topological polar surface area (TPSA) is 80.7 Å². The molecule has 0 aliphatic rings. The van der Waals surface area contributed by atoms with E-state index in [1.54, 1.807) is 24.3 Å². The molecule has 0 bridgehead atoms. The Morgan fingerprint density at radius 1 is 1.11 bits per heavy atom. The molecule has 0 fully saturated rings. The van der Waals surface area contributed by atoms with E-state index in [2.05, 4.69) is 11.1 Å². The highest BCUT2D eigenvalue weighted by Crippen LogP contribution is 2.31. The van der Waals surface area contributed by atoms with Gasteiger partial charge in [0.2, 0.25) is 0 Å². The number of alkyl halides is 1. The van der Waals surface area contributed by atoms with Gasteiger partial charge >= 0.3 is 0 Å². The van der Waals surface area contributed by atoms with E-state index in [1.165, 1.54) is 11.3 Å². The summed E-state index contributed by atoms with van der Waals surface area (Å²) in [6.45, 7) is 0. The highest BCUT2D eigenvalue weighted by molar-refractivity contribution is 7.11. The van der Waals surface area contributed by atoms with Crippen molar-refractivity contribution >= 4 is 34.3 Å². The molecule has 3 rings (SSSR count). The molecule has 3 aromatic rings. The monoisotopic (exact) mass is 391 g/mol. The van der Waals surface area contributed by atoms with E-state index in [-0.39, 0.29) is 17.8 Å². The van der Waals surface area contributed by atoms with Crippen LogP contribution in [0.5, 0.6) is 0 Å². The molecule has 4 nitrogen and oxygen atoms in total. The van der Waals surface area contributed by atoms with Crippen molar-refractivity contribution < 1.29 is 5.11 Å². The summed E-state index contributed by atoms with van der Waals surface area (Å²) in [5.41, 5.74) is 2.96. The van der Waals surface area contributed by atoms with Crippen molar-refractivity contribution in [3.05, 3.63) is 76.1 Å². The fourth-order valence-electron chi connectivity index (χ4n) is 2.63. The van der Waals surface area contributed by atoms with E-state index in [4.69, 9.17) is 16.9 Å². The zero-order valence-corrected chi connectivity index (χ0v) is 15.7. The van der Waals surface area contributed by atoms with E-state index >= 15 is 0 Å². The van der Waals surface area contributed by atoms with Gasteiger partial charge in [-0.3, -0.25) is 0 Å². The molecule has 0 aliphatic heterocycles. The zero-order chi connectivity index (χ0) is 19.2. The summed E-state index contributed by atoms with van der Waals surface area (Å²) in [4.78, 5) is 4.50. The van der Waals surface area contributed by atoms with Gasteiger partial charge in [0.05, 0.1) is 11.8 Å². The van der Waals surface area contributed by atoms with E-state index in [0.29, 0.717) is 16.1 Å². The molecule has 0 saturated heterocycles. The molecule has 1 atom stereocenters. The molecule has 0 radical (unpaired) electrons. The van der Waals surface area contributed by atoms with Gasteiger partial charge in [-0.2, -0.15) is 10.5 Å². The van der Waals surface area contributed by atoms with Crippen LogP contribution in [0, 0.1) is 22.7 Å². The second kappa shape index (κ2) is 8.51.